The van der Waals surface area contributed by atoms with Crippen LogP contribution < -0.4 is 0 Å². The second-order valence-electron chi connectivity index (χ2n) is 6.46. The zero-order valence-electron chi connectivity index (χ0n) is 10.7. The number of nitrogens with zero attached hydrogens (tertiary/aromatic N) is 1. The van der Waals surface area contributed by atoms with E-state index in [0.29, 0.717) is 13.0 Å². The molecule has 1 heterocycles. The lowest BCUT2D eigenvalue weighted by atomic mass is 9.99. The third-order valence-corrected chi connectivity index (χ3v) is 3.78. The third-order valence-electron chi connectivity index (χ3n) is 3.78. The molecule has 96 valence electrons. The monoisotopic (exact) mass is 241 g/mol. The van der Waals surface area contributed by atoms with Gasteiger partial charge in [0.2, 0.25) is 0 Å². The van der Waals surface area contributed by atoms with Gasteiger partial charge in [-0.25, -0.2) is 4.79 Å². The predicted octanol–water partition coefficient (Wildman–Crippen LogP) is 1.72. The number of aliphatic carboxylic acids is 1. The number of hydrogen-bond acceptors (Lipinski definition) is 3. The van der Waals surface area contributed by atoms with Crippen LogP contribution in [0.4, 0.5) is 4.79 Å². The summed E-state index contributed by atoms with van der Waals surface area (Å²) >= 11 is 0. The van der Waals surface area contributed by atoms with Crippen LogP contribution in [0.3, 0.4) is 0 Å². The molecule has 1 amide bonds. The number of rotatable bonds is 1. The first-order valence-corrected chi connectivity index (χ1v) is 5.81. The van der Waals surface area contributed by atoms with E-state index in [1.165, 1.54) is 4.90 Å². The predicted molar refractivity (Wildman–Crippen MR) is 60.6 cm³/mol. The van der Waals surface area contributed by atoms with Crippen LogP contribution >= 0.6 is 0 Å². The van der Waals surface area contributed by atoms with E-state index in [1.54, 1.807) is 20.8 Å². The smallest absolute Gasteiger partial charge is 0.410 e. The van der Waals surface area contributed by atoms with Crippen LogP contribution in [0.1, 0.15) is 34.1 Å². The second kappa shape index (κ2) is 3.15. The summed E-state index contributed by atoms with van der Waals surface area (Å²) in [4.78, 5) is 24.6. The molecular weight excluding hydrogens is 222 g/mol. The summed E-state index contributed by atoms with van der Waals surface area (Å²) in [6.07, 6.45) is 0.251. The van der Waals surface area contributed by atoms with Crippen LogP contribution in [0, 0.1) is 10.8 Å². The Morgan fingerprint density at radius 2 is 1.88 bits per heavy atom. The van der Waals surface area contributed by atoms with Crippen LogP contribution in [0.2, 0.25) is 0 Å². The average molecular weight is 241 g/mol. The lowest BCUT2D eigenvalue weighted by Gasteiger charge is -2.26. The zero-order valence-corrected chi connectivity index (χ0v) is 10.7. The molecule has 2 unspecified atom stereocenters. The van der Waals surface area contributed by atoms with Crippen molar-refractivity contribution in [1.82, 2.24) is 4.90 Å². The Bertz CT molecular complexity index is 386. The number of hydrogen-bond donors (Lipinski definition) is 1. The third kappa shape index (κ3) is 1.77. The van der Waals surface area contributed by atoms with Crippen molar-refractivity contribution in [2.45, 2.75) is 39.7 Å². The van der Waals surface area contributed by atoms with Crippen molar-refractivity contribution in [3.63, 3.8) is 0 Å². The number of fused-ring (bicyclic) bond motifs is 1. The van der Waals surface area contributed by atoms with Gasteiger partial charge in [-0.3, -0.25) is 4.79 Å². The molecule has 0 bridgehead atoms. The van der Waals surface area contributed by atoms with E-state index < -0.39 is 23.1 Å². The number of likely N-dealkylation sites (tertiary alicyclic amines) is 1. The Morgan fingerprint density at radius 1 is 1.29 bits per heavy atom. The maximum atomic E-state index is 11.8. The molecule has 5 heteroatoms. The standard InChI is InChI=1S/C12H19NO4/c1-10(2,3)17-9(16)13-6-11(4)5-12(11,7-13)8(14)15/h5-7H2,1-4H3,(H,14,15). The molecule has 2 atom stereocenters. The number of carboxylic acids is 1. The Hall–Kier alpha value is -1.26. The fourth-order valence-electron chi connectivity index (χ4n) is 2.74. The number of carbonyl (C=O) groups excluding carboxylic acids is 1. The van der Waals surface area contributed by atoms with Crippen LogP contribution in [0.5, 0.6) is 0 Å². The van der Waals surface area contributed by atoms with Crippen LogP contribution in [-0.4, -0.2) is 40.8 Å². The van der Waals surface area contributed by atoms with Crippen LogP contribution in [0.25, 0.3) is 0 Å². The van der Waals surface area contributed by atoms with E-state index in [2.05, 4.69) is 0 Å². The number of piperidine rings is 1. The molecule has 0 aromatic heterocycles. The lowest BCUT2D eigenvalue weighted by Crippen LogP contribution is -2.38. The quantitative estimate of drug-likeness (QED) is 0.759. The molecule has 1 aliphatic carbocycles. The van der Waals surface area contributed by atoms with E-state index >= 15 is 0 Å². The van der Waals surface area contributed by atoms with E-state index in [1.807, 2.05) is 6.92 Å². The van der Waals surface area contributed by atoms with E-state index in [9.17, 15) is 14.7 Å². The lowest BCUT2D eigenvalue weighted by molar-refractivity contribution is -0.144. The highest BCUT2D eigenvalue weighted by molar-refractivity contribution is 5.83. The van der Waals surface area contributed by atoms with E-state index in [-0.39, 0.29) is 12.0 Å². The fraction of sp³-hybridized carbons (Fsp3) is 0.833. The van der Waals surface area contributed by atoms with Gasteiger partial charge >= 0.3 is 12.1 Å². The maximum Gasteiger partial charge on any atom is 0.410 e. The average Bonchev–Trinajstić information content (AvgIpc) is 2.58. The van der Waals surface area contributed by atoms with Gasteiger partial charge in [-0.15, -0.1) is 0 Å². The number of carboxylic acid groups (broad SMARTS) is 1. The van der Waals surface area contributed by atoms with Crippen molar-refractivity contribution in [3.05, 3.63) is 0 Å². The molecule has 0 aromatic carbocycles. The highest BCUT2D eigenvalue weighted by atomic mass is 16.6. The minimum absolute atomic E-state index is 0.268. The van der Waals surface area contributed by atoms with Gasteiger partial charge < -0.3 is 14.7 Å². The van der Waals surface area contributed by atoms with Crippen molar-refractivity contribution in [2.75, 3.05) is 13.1 Å². The summed E-state index contributed by atoms with van der Waals surface area (Å²) in [6.45, 7) is 8.08. The van der Waals surface area contributed by atoms with Gasteiger partial charge in [-0.1, -0.05) is 6.92 Å². The highest BCUT2D eigenvalue weighted by Crippen LogP contribution is 2.68. The van der Waals surface area contributed by atoms with Gasteiger partial charge in [-0.05, 0) is 27.2 Å². The summed E-state index contributed by atoms with van der Waals surface area (Å²) in [5, 5.41) is 9.23. The molecule has 0 spiro atoms. The molecule has 0 radical (unpaired) electrons. The SMILES string of the molecule is CC(C)(C)OC(=O)N1CC2(C)CC2(C(=O)O)C1. The van der Waals surface area contributed by atoms with Crippen molar-refractivity contribution in [3.8, 4) is 0 Å². The molecule has 0 aromatic rings. The Balaban J connectivity index is 2.05. The minimum atomic E-state index is -0.800. The van der Waals surface area contributed by atoms with E-state index in [4.69, 9.17) is 4.74 Å². The number of carbonyl (C=O) groups is 2. The first-order valence-electron chi connectivity index (χ1n) is 5.81. The summed E-state index contributed by atoms with van der Waals surface area (Å²) in [7, 11) is 0. The summed E-state index contributed by atoms with van der Waals surface area (Å²) < 4.78 is 5.25. The molecule has 17 heavy (non-hydrogen) atoms. The molecule has 1 saturated carbocycles. The first kappa shape index (κ1) is 12.2. The Morgan fingerprint density at radius 3 is 2.29 bits per heavy atom. The Labute approximate surface area is 101 Å². The number of amides is 1. The molecule has 1 aliphatic heterocycles. The number of ether oxygens (including phenoxy) is 1. The molecule has 1 saturated heterocycles. The summed E-state index contributed by atoms with van der Waals surface area (Å²) in [5.41, 5.74) is -1.54. The van der Waals surface area contributed by atoms with Gasteiger partial charge in [-0.2, -0.15) is 0 Å². The van der Waals surface area contributed by atoms with Crippen LogP contribution in [-0.2, 0) is 9.53 Å². The minimum Gasteiger partial charge on any atom is -0.481 e. The van der Waals surface area contributed by atoms with Crippen molar-refractivity contribution >= 4 is 12.1 Å². The molecule has 1 N–H and O–H groups in total. The topological polar surface area (TPSA) is 66.8 Å². The van der Waals surface area contributed by atoms with Gasteiger partial charge in [0.05, 0.1) is 5.41 Å². The maximum absolute atomic E-state index is 11.8. The summed E-state index contributed by atoms with van der Waals surface area (Å²) in [5.74, 6) is -0.800. The molecule has 2 aliphatic rings. The molecule has 2 fully saturated rings. The highest BCUT2D eigenvalue weighted by Gasteiger charge is 2.74. The molecular formula is C12H19NO4. The largest absolute Gasteiger partial charge is 0.481 e. The van der Waals surface area contributed by atoms with Gasteiger partial charge in [0.1, 0.15) is 5.60 Å². The van der Waals surface area contributed by atoms with E-state index in [0.717, 1.165) is 0 Å². The zero-order chi connectivity index (χ0) is 13.1. The molecule has 2 rings (SSSR count). The van der Waals surface area contributed by atoms with Crippen molar-refractivity contribution in [2.24, 2.45) is 10.8 Å². The first-order chi connectivity index (χ1) is 7.60. The fourth-order valence-corrected chi connectivity index (χ4v) is 2.74. The second-order valence-corrected chi connectivity index (χ2v) is 6.46. The van der Waals surface area contributed by atoms with Gasteiger partial charge in [0, 0.05) is 18.5 Å². The van der Waals surface area contributed by atoms with Gasteiger partial charge in [0.25, 0.3) is 0 Å². The molecule has 5 nitrogen and oxygen atoms in total. The van der Waals surface area contributed by atoms with Gasteiger partial charge in [0.15, 0.2) is 0 Å². The van der Waals surface area contributed by atoms with Crippen LogP contribution in [0.15, 0.2) is 0 Å². The normalized spacial score (nSPS) is 35.4. The Kier molecular flexibility index (Phi) is 2.26. The van der Waals surface area contributed by atoms with Crippen molar-refractivity contribution in [1.29, 1.82) is 0 Å². The van der Waals surface area contributed by atoms with Crippen molar-refractivity contribution < 1.29 is 19.4 Å². The summed E-state index contributed by atoms with van der Waals surface area (Å²) in [6, 6.07) is 0.